The van der Waals surface area contributed by atoms with Crippen molar-refractivity contribution in [2.24, 2.45) is 5.92 Å². The Bertz CT molecular complexity index is 1690. The Labute approximate surface area is 283 Å². The number of amides is 2. The molecule has 9 nitrogen and oxygen atoms in total. The van der Waals surface area contributed by atoms with Gasteiger partial charge < -0.3 is 25.6 Å². The fourth-order valence-electron chi connectivity index (χ4n) is 4.44. The summed E-state index contributed by atoms with van der Waals surface area (Å²) in [5.41, 5.74) is 2.59. The molecular weight excluding hydrogens is 643 g/mol. The Balaban J connectivity index is 1.50. The third kappa shape index (κ3) is 9.57. The number of rotatable bonds is 12. The lowest BCUT2D eigenvalue weighted by Crippen LogP contribution is -2.52. The number of carbonyl (C=O) groups is 2. The number of aliphatic hydroxyl groups excluding tert-OH is 1. The second kappa shape index (κ2) is 15.3. The van der Waals surface area contributed by atoms with Crippen LogP contribution >= 0.6 is 22.9 Å². The fraction of sp³-hybridized carbons (Fsp3) is 0.371. The summed E-state index contributed by atoms with van der Waals surface area (Å²) in [5.74, 6) is -0.830. The summed E-state index contributed by atoms with van der Waals surface area (Å²) >= 11 is 7.49. The maximum atomic E-state index is 14.5. The molecular formula is C35H40ClFN4O5S. The van der Waals surface area contributed by atoms with Crippen LogP contribution in [0.15, 0.2) is 60.9 Å². The molecule has 2 aromatic heterocycles. The van der Waals surface area contributed by atoms with Gasteiger partial charge in [0, 0.05) is 34.8 Å². The monoisotopic (exact) mass is 682 g/mol. The van der Waals surface area contributed by atoms with Gasteiger partial charge in [0.15, 0.2) is 23.7 Å². The SMILES string of the molecule is CC(C)COc1cc(-c2cnc(-c3ccc(C[C@H](NC(=O)c4ccc(C(C)(C)C)s4)C(=O)N[C@H](C)C(O)O)cc3)nc2)cc(Cl)c1F. The molecule has 4 rings (SSSR count). The standard InChI is InChI=1S/C35H40ClFN4O5S/c1-19(2)18-46-27-15-23(14-25(36)30(27)37)24-16-38-31(39-17-24)22-9-7-21(8-10-22)13-26(32(42)40-20(3)34(44)45)41-33(43)28-11-12-29(47-28)35(4,5)6/h7-12,14-17,19-20,26,34,44-45H,13,18H2,1-6H3,(H,40,42)(H,41,43)/t20-,26+/m1/s1. The predicted octanol–water partition coefficient (Wildman–Crippen LogP) is 6.15. The summed E-state index contributed by atoms with van der Waals surface area (Å²) in [4.78, 5) is 36.8. The predicted molar refractivity (Wildman–Crippen MR) is 182 cm³/mol. The molecule has 4 aromatic rings. The van der Waals surface area contributed by atoms with E-state index in [0.717, 1.165) is 10.4 Å². The first-order chi connectivity index (χ1) is 22.1. The number of nitrogens with zero attached hydrogens (tertiary/aromatic N) is 2. The van der Waals surface area contributed by atoms with Crippen LogP contribution in [0.1, 0.15) is 61.7 Å². The van der Waals surface area contributed by atoms with Crippen molar-refractivity contribution < 1.29 is 28.9 Å². The van der Waals surface area contributed by atoms with Crippen LogP contribution in [-0.2, 0) is 16.6 Å². The molecule has 0 bridgehead atoms. The summed E-state index contributed by atoms with van der Waals surface area (Å²) in [7, 11) is 0. The number of thiophene rings is 1. The Hall–Kier alpha value is -3.90. The lowest BCUT2D eigenvalue weighted by Gasteiger charge is -2.22. The van der Waals surface area contributed by atoms with Crippen LogP contribution in [0.5, 0.6) is 5.75 Å². The number of nitrogens with one attached hydrogen (secondary N) is 2. The minimum atomic E-state index is -1.76. The Morgan fingerprint density at radius 1 is 0.957 bits per heavy atom. The molecule has 2 amide bonds. The molecule has 2 aromatic carbocycles. The van der Waals surface area contributed by atoms with Crippen molar-refractivity contribution >= 4 is 34.8 Å². The number of ether oxygens (including phenoxy) is 1. The van der Waals surface area contributed by atoms with Crippen molar-refractivity contribution in [1.29, 1.82) is 0 Å². The topological polar surface area (TPSA) is 134 Å². The van der Waals surface area contributed by atoms with Crippen molar-refractivity contribution in [2.45, 2.75) is 71.8 Å². The van der Waals surface area contributed by atoms with Gasteiger partial charge in [-0.05, 0) is 53.6 Å². The maximum Gasteiger partial charge on any atom is 0.262 e. The van der Waals surface area contributed by atoms with E-state index >= 15 is 0 Å². The van der Waals surface area contributed by atoms with Crippen molar-refractivity contribution in [3.05, 3.63) is 87.1 Å². The molecule has 12 heteroatoms. The van der Waals surface area contributed by atoms with Crippen LogP contribution in [0.2, 0.25) is 5.02 Å². The van der Waals surface area contributed by atoms with E-state index in [-0.39, 0.29) is 28.5 Å². The fourth-order valence-corrected chi connectivity index (χ4v) is 5.62. The summed E-state index contributed by atoms with van der Waals surface area (Å²) in [6.45, 7) is 11.9. The van der Waals surface area contributed by atoms with Crippen LogP contribution in [0.25, 0.3) is 22.5 Å². The minimum absolute atomic E-state index is 0.0591. The molecule has 47 heavy (non-hydrogen) atoms. The van der Waals surface area contributed by atoms with Gasteiger partial charge in [-0.3, -0.25) is 9.59 Å². The zero-order valence-electron chi connectivity index (χ0n) is 27.2. The zero-order chi connectivity index (χ0) is 34.5. The van der Waals surface area contributed by atoms with Crippen molar-refractivity contribution in [2.75, 3.05) is 6.61 Å². The summed E-state index contributed by atoms with van der Waals surface area (Å²) in [6, 6.07) is 12.0. The molecule has 250 valence electrons. The molecule has 0 aliphatic rings. The molecule has 2 atom stereocenters. The first kappa shape index (κ1) is 35.9. The number of benzene rings is 2. The third-order valence-corrected chi connectivity index (χ3v) is 9.00. The van der Waals surface area contributed by atoms with Gasteiger partial charge in [-0.15, -0.1) is 11.3 Å². The molecule has 0 aliphatic carbocycles. The second-order valence-electron chi connectivity index (χ2n) is 12.8. The molecule has 0 saturated heterocycles. The van der Waals surface area contributed by atoms with Gasteiger partial charge in [0.25, 0.3) is 5.91 Å². The largest absolute Gasteiger partial charge is 0.490 e. The van der Waals surface area contributed by atoms with Gasteiger partial charge in [0.1, 0.15) is 6.04 Å². The highest BCUT2D eigenvalue weighted by Gasteiger charge is 2.26. The third-order valence-electron chi connectivity index (χ3n) is 7.21. The number of halogens is 2. The van der Waals surface area contributed by atoms with Crippen LogP contribution in [-0.4, -0.2) is 57.0 Å². The highest BCUT2D eigenvalue weighted by Crippen LogP contribution is 2.33. The van der Waals surface area contributed by atoms with E-state index in [1.807, 2.05) is 44.2 Å². The smallest absolute Gasteiger partial charge is 0.262 e. The molecule has 2 heterocycles. The summed E-state index contributed by atoms with van der Waals surface area (Å²) in [5, 5.41) is 24.3. The molecule has 0 fully saturated rings. The van der Waals surface area contributed by atoms with Gasteiger partial charge in [-0.2, -0.15) is 0 Å². The van der Waals surface area contributed by atoms with Crippen molar-refractivity contribution in [1.82, 2.24) is 20.6 Å². The van der Waals surface area contributed by atoms with E-state index in [0.29, 0.717) is 34.0 Å². The van der Waals surface area contributed by atoms with Crippen LogP contribution in [0.4, 0.5) is 4.39 Å². The van der Waals surface area contributed by atoms with Crippen LogP contribution < -0.4 is 15.4 Å². The van der Waals surface area contributed by atoms with E-state index in [1.165, 1.54) is 24.3 Å². The molecule has 0 unspecified atom stereocenters. The quantitative estimate of drug-likeness (QED) is 0.132. The molecule has 4 N–H and O–H groups in total. The van der Waals surface area contributed by atoms with E-state index in [4.69, 9.17) is 16.3 Å². The number of aliphatic hydroxyl groups is 2. The zero-order valence-corrected chi connectivity index (χ0v) is 28.7. The minimum Gasteiger partial charge on any atom is -0.490 e. The highest BCUT2D eigenvalue weighted by atomic mass is 35.5. The first-order valence-electron chi connectivity index (χ1n) is 15.2. The summed E-state index contributed by atoms with van der Waals surface area (Å²) < 4.78 is 20.1. The Morgan fingerprint density at radius 2 is 1.62 bits per heavy atom. The van der Waals surface area contributed by atoms with Crippen molar-refractivity contribution in [3.8, 4) is 28.3 Å². The van der Waals surface area contributed by atoms with E-state index in [1.54, 1.807) is 24.5 Å². The lowest BCUT2D eigenvalue weighted by atomic mass is 9.95. The Kier molecular flexibility index (Phi) is 11.7. The lowest BCUT2D eigenvalue weighted by molar-refractivity contribution is -0.128. The average Bonchev–Trinajstić information content (AvgIpc) is 3.53. The van der Waals surface area contributed by atoms with Crippen LogP contribution in [0.3, 0.4) is 0 Å². The van der Waals surface area contributed by atoms with Gasteiger partial charge in [-0.25, -0.2) is 14.4 Å². The maximum absolute atomic E-state index is 14.5. The van der Waals surface area contributed by atoms with Crippen LogP contribution in [0, 0.1) is 11.7 Å². The number of hydrogen-bond donors (Lipinski definition) is 4. The van der Waals surface area contributed by atoms with E-state index < -0.39 is 36.0 Å². The van der Waals surface area contributed by atoms with Gasteiger partial charge in [0.05, 0.1) is 22.5 Å². The highest BCUT2D eigenvalue weighted by molar-refractivity contribution is 7.14. The van der Waals surface area contributed by atoms with Gasteiger partial charge in [-0.1, -0.05) is 70.5 Å². The number of hydrogen-bond acceptors (Lipinski definition) is 8. The summed E-state index contributed by atoms with van der Waals surface area (Å²) in [6.07, 6.45) is 1.63. The molecule has 0 saturated carbocycles. The average molecular weight is 683 g/mol. The van der Waals surface area contributed by atoms with Gasteiger partial charge >= 0.3 is 0 Å². The normalized spacial score (nSPS) is 13.0. The number of carbonyl (C=O) groups excluding carboxylic acids is 2. The van der Waals surface area contributed by atoms with E-state index in [2.05, 4.69) is 41.4 Å². The molecule has 0 spiro atoms. The Morgan fingerprint density at radius 3 is 2.19 bits per heavy atom. The van der Waals surface area contributed by atoms with E-state index in [9.17, 15) is 24.2 Å². The number of aromatic nitrogens is 2. The molecule has 0 aliphatic heterocycles. The van der Waals surface area contributed by atoms with Crippen molar-refractivity contribution in [3.63, 3.8) is 0 Å². The second-order valence-corrected chi connectivity index (χ2v) is 14.3. The van der Waals surface area contributed by atoms with Gasteiger partial charge in [0.2, 0.25) is 5.91 Å². The molecule has 0 radical (unpaired) electrons. The first-order valence-corrected chi connectivity index (χ1v) is 16.4.